The van der Waals surface area contributed by atoms with Crippen molar-refractivity contribution in [1.29, 1.82) is 0 Å². The first-order valence-electron chi connectivity index (χ1n) is 6.92. The second kappa shape index (κ2) is 6.83. The lowest BCUT2D eigenvalue weighted by atomic mass is 10.2. The highest BCUT2D eigenvalue weighted by Crippen LogP contribution is 2.32. The van der Waals surface area contributed by atoms with Gasteiger partial charge in [-0.3, -0.25) is 4.68 Å². The second-order valence-corrected chi connectivity index (χ2v) is 4.97. The van der Waals surface area contributed by atoms with Gasteiger partial charge in [-0.05, 0) is 18.6 Å². The van der Waals surface area contributed by atoms with Gasteiger partial charge in [0.15, 0.2) is 0 Å². The van der Waals surface area contributed by atoms with Gasteiger partial charge in [-0.25, -0.2) is 0 Å². The molecule has 0 aliphatic rings. The van der Waals surface area contributed by atoms with E-state index < -0.39 is 11.9 Å². The first kappa shape index (κ1) is 16.4. The molecule has 7 heteroatoms. The van der Waals surface area contributed by atoms with Crippen LogP contribution in [-0.4, -0.2) is 28.0 Å². The Bertz CT molecular complexity index is 596. The zero-order chi connectivity index (χ0) is 16.2. The molecular formula is C15H18F3N3O. The van der Waals surface area contributed by atoms with Gasteiger partial charge < -0.3 is 10.0 Å². The summed E-state index contributed by atoms with van der Waals surface area (Å²) in [6.45, 7) is 0.544. The number of aliphatic hydroxyl groups excluding tert-OH is 1. The van der Waals surface area contributed by atoms with Gasteiger partial charge in [0, 0.05) is 38.0 Å². The fourth-order valence-electron chi connectivity index (χ4n) is 2.37. The summed E-state index contributed by atoms with van der Waals surface area (Å²) in [5.41, 5.74) is 0.196. The molecular weight excluding hydrogens is 295 g/mol. The highest BCUT2D eigenvalue weighted by atomic mass is 19.4. The van der Waals surface area contributed by atoms with Crippen molar-refractivity contribution in [2.75, 3.05) is 18.1 Å². The average Bonchev–Trinajstić information content (AvgIpc) is 2.85. The van der Waals surface area contributed by atoms with Crippen molar-refractivity contribution in [2.24, 2.45) is 7.05 Å². The largest absolute Gasteiger partial charge is 0.433 e. The van der Waals surface area contributed by atoms with Crippen LogP contribution >= 0.6 is 0 Å². The zero-order valence-electron chi connectivity index (χ0n) is 12.2. The predicted molar refractivity (Wildman–Crippen MR) is 77.4 cm³/mol. The van der Waals surface area contributed by atoms with Crippen molar-refractivity contribution < 1.29 is 18.3 Å². The molecule has 2 rings (SSSR count). The third kappa shape index (κ3) is 3.79. The van der Waals surface area contributed by atoms with Crippen LogP contribution in [-0.2, 0) is 19.8 Å². The van der Waals surface area contributed by atoms with E-state index >= 15 is 0 Å². The topological polar surface area (TPSA) is 41.3 Å². The van der Waals surface area contributed by atoms with Crippen LogP contribution in [0, 0.1) is 0 Å². The van der Waals surface area contributed by atoms with Gasteiger partial charge in [-0.2, -0.15) is 18.3 Å². The maximum Gasteiger partial charge on any atom is 0.433 e. The Hall–Kier alpha value is -2.02. The average molecular weight is 313 g/mol. The summed E-state index contributed by atoms with van der Waals surface area (Å²) in [6.07, 6.45) is -2.71. The molecule has 0 spiro atoms. The molecule has 0 saturated carbocycles. The Labute approximate surface area is 126 Å². The number of aryl methyl sites for hydroxylation is 1. The third-order valence-electron chi connectivity index (χ3n) is 3.35. The van der Waals surface area contributed by atoms with Gasteiger partial charge in [0.05, 0.1) is 6.20 Å². The molecule has 0 amide bonds. The van der Waals surface area contributed by atoms with Gasteiger partial charge >= 0.3 is 6.18 Å². The number of hydrogen-bond acceptors (Lipinski definition) is 3. The maximum absolute atomic E-state index is 13.1. The summed E-state index contributed by atoms with van der Waals surface area (Å²) in [7, 11) is 1.28. The number of nitrogens with zero attached hydrogens (tertiary/aromatic N) is 3. The van der Waals surface area contributed by atoms with Crippen LogP contribution in [0.15, 0.2) is 36.5 Å². The van der Waals surface area contributed by atoms with E-state index in [1.165, 1.54) is 13.2 Å². The lowest BCUT2D eigenvalue weighted by Gasteiger charge is -2.25. The van der Waals surface area contributed by atoms with E-state index in [4.69, 9.17) is 5.11 Å². The van der Waals surface area contributed by atoms with E-state index in [0.717, 1.165) is 10.4 Å². The number of hydrogen-bond donors (Lipinski definition) is 1. The Balaban J connectivity index is 2.28. The van der Waals surface area contributed by atoms with Gasteiger partial charge in [0.1, 0.15) is 5.69 Å². The van der Waals surface area contributed by atoms with Gasteiger partial charge in [0.2, 0.25) is 0 Å². The quantitative estimate of drug-likeness (QED) is 0.891. The molecule has 0 radical (unpaired) electrons. The van der Waals surface area contributed by atoms with E-state index in [1.54, 1.807) is 0 Å². The number of benzene rings is 1. The number of rotatable bonds is 6. The standard InChI is InChI=1S/C15H18F3N3O/c1-20-14(15(16,17)18)12(10-19-20)11-21(8-5-9-22)13-6-3-2-4-7-13/h2-4,6-7,10,22H,5,8-9,11H2,1H3. The molecule has 0 unspecified atom stereocenters. The lowest BCUT2D eigenvalue weighted by Crippen LogP contribution is -2.26. The SMILES string of the molecule is Cn1ncc(CN(CCCO)c2ccccc2)c1C(F)(F)F. The smallest absolute Gasteiger partial charge is 0.396 e. The van der Waals surface area contributed by atoms with Crippen LogP contribution in [0.1, 0.15) is 17.7 Å². The Kier molecular flexibility index (Phi) is 5.07. The minimum absolute atomic E-state index is 0.0114. The predicted octanol–water partition coefficient (Wildman–Crippen LogP) is 2.83. The third-order valence-corrected chi connectivity index (χ3v) is 3.35. The number of alkyl halides is 3. The molecule has 0 bridgehead atoms. The fraction of sp³-hybridized carbons (Fsp3) is 0.400. The minimum atomic E-state index is -4.44. The summed E-state index contributed by atoms with van der Waals surface area (Å²) in [5.74, 6) is 0. The summed E-state index contributed by atoms with van der Waals surface area (Å²) in [5, 5.41) is 12.7. The molecule has 0 atom stereocenters. The van der Waals surface area contributed by atoms with E-state index in [-0.39, 0.29) is 18.7 Å². The first-order valence-corrected chi connectivity index (χ1v) is 6.92. The number of para-hydroxylation sites is 1. The summed E-state index contributed by atoms with van der Waals surface area (Å²) >= 11 is 0. The minimum Gasteiger partial charge on any atom is -0.396 e. The Morgan fingerprint density at radius 2 is 1.91 bits per heavy atom. The molecule has 1 heterocycles. The molecule has 0 aliphatic heterocycles. The number of aromatic nitrogens is 2. The zero-order valence-corrected chi connectivity index (χ0v) is 12.2. The molecule has 1 aromatic heterocycles. The van der Waals surface area contributed by atoms with E-state index in [0.29, 0.717) is 13.0 Å². The normalized spacial score (nSPS) is 11.7. The van der Waals surface area contributed by atoms with Crippen LogP contribution in [0.5, 0.6) is 0 Å². The van der Waals surface area contributed by atoms with E-state index in [1.807, 2.05) is 35.2 Å². The molecule has 0 aliphatic carbocycles. The maximum atomic E-state index is 13.1. The van der Waals surface area contributed by atoms with Crippen LogP contribution in [0.3, 0.4) is 0 Å². The number of halogens is 3. The molecule has 1 N–H and O–H groups in total. The molecule has 0 saturated heterocycles. The number of aliphatic hydroxyl groups is 1. The monoisotopic (exact) mass is 313 g/mol. The molecule has 2 aromatic rings. The highest BCUT2D eigenvalue weighted by Gasteiger charge is 2.37. The van der Waals surface area contributed by atoms with Gasteiger partial charge in [-0.1, -0.05) is 18.2 Å². The lowest BCUT2D eigenvalue weighted by molar-refractivity contribution is -0.144. The van der Waals surface area contributed by atoms with Gasteiger partial charge in [-0.15, -0.1) is 0 Å². The summed E-state index contributed by atoms with van der Waals surface area (Å²) in [4.78, 5) is 1.81. The first-order chi connectivity index (χ1) is 10.4. The van der Waals surface area contributed by atoms with Crippen molar-refractivity contribution in [3.63, 3.8) is 0 Å². The number of anilines is 1. The van der Waals surface area contributed by atoms with Crippen LogP contribution in [0.2, 0.25) is 0 Å². The van der Waals surface area contributed by atoms with Gasteiger partial charge in [0.25, 0.3) is 0 Å². The van der Waals surface area contributed by atoms with Crippen LogP contribution < -0.4 is 4.90 Å². The fourth-order valence-corrected chi connectivity index (χ4v) is 2.37. The van der Waals surface area contributed by atoms with E-state index in [9.17, 15) is 13.2 Å². The Morgan fingerprint density at radius 3 is 2.50 bits per heavy atom. The second-order valence-electron chi connectivity index (χ2n) is 4.97. The molecule has 120 valence electrons. The van der Waals surface area contributed by atoms with Crippen LogP contribution in [0.25, 0.3) is 0 Å². The van der Waals surface area contributed by atoms with Crippen molar-refractivity contribution >= 4 is 5.69 Å². The van der Waals surface area contributed by atoms with Crippen molar-refractivity contribution in [3.05, 3.63) is 47.8 Å². The molecule has 22 heavy (non-hydrogen) atoms. The Morgan fingerprint density at radius 1 is 1.23 bits per heavy atom. The molecule has 0 fully saturated rings. The summed E-state index contributed by atoms with van der Waals surface area (Å²) < 4.78 is 40.2. The molecule has 1 aromatic carbocycles. The van der Waals surface area contributed by atoms with Crippen molar-refractivity contribution in [2.45, 2.75) is 19.1 Å². The summed E-state index contributed by atoms with van der Waals surface area (Å²) in [6, 6.07) is 9.17. The highest BCUT2D eigenvalue weighted by molar-refractivity contribution is 5.47. The van der Waals surface area contributed by atoms with E-state index in [2.05, 4.69) is 5.10 Å². The van der Waals surface area contributed by atoms with Crippen molar-refractivity contribution in [3.8, 4) is 0 Å². The molecule has 4 nitrogen and oxygen atoms in total. The van der Waals surface area contributed by atoms with Crippen molar-refractivity contribution in [1.82, 2.24) is 9.78 Å². The van der Waals surface area contributed by atoms with Crippen LogP contribution in [0.4, 0.5) is 18.9 Å².